The van der Waals surface area contributed by atoms with Crippen molar-refractivity contribution >= 4 is 6.98 Å². The van der Waals surface area contributed by atoms with Crippen molar-refractivity contribution in [2.75, 3.05) is 19.8 Å². The molecule has 1 fully saturated rings. The summed E-state index contributed by atoms with van der Waals surface area (Å²) in [7, 11) is 0. The van der Waals surface area contributed by atoms with Crippen molar-refractivity contribution < 1.29 is 27.2 Å². The second-order valence-corrected chi connectivity index (χ2v) is 4.19. The minimum Gasteiger partial charge on any atom is -0.445 e. The molecule has 0 aromatic heterocycles. The number of halogens is 3. The van der Waals surface area contributed by atoms with E-state index in [1.165, 1.54) is 0 Å². The molecule has 0 spiro atoms. The maximum atomic E-state index is 12.1. The van der Waals surface area contributed by atoms with Crippen LogP contribution in [0.3, 0.4) is 0 Å². The largest absolute Gasteiger partial charge is 0.507 e. The Balaban J connectivity index is 2.28. The molecule has 0 aromatic rings. The lowest BCUT2D eigenvalue weighted by Gasteiger charge is -2.35. The van der Waals surface area contributed by atoms with Crippen LogP contribution in [0.25, 0.3) is 0 Å². The highest BCUT2D eigenvalue weighted by Crippen LogP contribution is 2.21. The van der Waals surface area contributed by atoms with Gasteiger partial charge in [-0.2, -0.15) is 0 Å². The third kappa shape index (κ3) is 4.15. The Morgan fingerprint density at radius 1 is 1.38 bits per heavy atom. The van der Waals surface area contributed by atoms with Crippen LogP contribution in [0.5, 0.6) is 0 Å². The molecule has 0 saturated carbocycles. The van der Waals surface area contributed by atoms with Crippen LogP contribution in [-0.4, -0.2) is 38.7 Å². The van der Waals surface area contributed by atoms with E-state index in [4.69, 9.17) is 14.2 Å². The fourth-order valence-electron chi connectivity index (χ4n) is 1.09. The lowest BCUT2D eigenvalue weighted by Crippen LogP contribution is -2.43. The first-order valence-corrected chi connectivity index (χ1v) is 4.98. The smallest absolute Gasteiger partial charge is 0.445 e. The van der Waals surface area contributed by atoms with E-state index in [0.717, 1.165) is 0 Å². The van der Waals surface area contributed by atoms with Crippen molar-refractivity contribution in [3.63, 3.8) is 0 Å². The van der Waals surface area contributed by atoms with E-state index in [0.29, 0.717) is 0 Å². The maximum absolute atomic E-state index is 12.1. The first-order valence-electron chi connectivity index (χ1n) is 4.98. The molecule has 0 unspecified atom stereocenters. The van der Waals surface area contributed by atoms with Crippen molar-refractivity contribution in [3.8, 4) is 0 Å². The molecule has 1 saturated heterocycles. The van der Waals surface area contributed by atoms with Gasteiger partial charge in [-0.05, 0) is 13.8 Å². The highest BCUT2D eigenvalue weighted by molar-refractivity contribution is 6.66. The van der Waals surface area contributed by atoms with Crippen LogP contribution in [0.2, 0.25) is 0 Å². The molecule has 0 radical (unpaired) electrons. The Hall–Kier alpha value is -0.525. The number of ether oxygens (including phenoxy) is 3. The zero-order valence-electron chi connectivity index (χ0n) is 9.34. The standard InChI is InChI=1S/C9H15BF3O3/c1-7(10(11,12)13)4-14-8-5-15-9(2,3)16-6-8/h8H,1,4-6H2,2-3H3/q-1. The monoisotopic (exact) mass is 239 g/mol. The predicted molar refractivity (Wildman–Crippen MR) is 53.9 cm³/mol. The van der Waals surface area contributed by atoms with Gasteiger partial charge < -0.3 is 27.2 Å². The minimum atomic E-state index is -5.02. The Kier molecular flexibility index (Phi) is 4.04. The number of hydrogen-bond acceptors (Lipinski definition) is 3. The van der Waals surface area contributed by atoms with Crippen LogP contribution >= 0.6 is 0 Å². The summed E-state index contributed by atoms with van der Waals surface area (Å²) >= 11 is 0. The third-order valence-electron chi connectivity index (χ3n) is 2.20. The van der Waals surface area contributed by atoms with E-state index in [9.17, 15) is 12.9 Å². The number of hydrogen-bond donors (Lipinski definition) is 0. The summed E-state index contributed by atoms with van der Waals surface area (Å²) in [6.45, 7) is 1.31. The molecule has 0 aromatic carbocycles. The molecular formula is C9H15BF3O3-. The Morgan fingerprint density at radius 3 is 2.31 bits per heavy atom. The van der Waals surface area contributed by atoms with Gasteiger partial charge in [0.2, 0.25) is 0 Å². The van der Waals surface area contributed by atoms with Gasteiger partial charge in [0, 0.05) is 6.61 Å². The Morgan fingerprint density at radius 2 is 1.88 bits per heavy atom. The molecule has 16 heavy (non-hydrogen) atoms. The second-order valence-electron chi connectivity index (χ2n) is 4.19. The van der Waals surface area contributed by atoms with Crippen LogP contribution in [0, 0.1) is 0 Å². The van der Waals surface area contributed by atoms with Gasteiger partial charge in [-0.15, -0.1) is 12.1 Å². The average Bonchev–Trinajstić information content (AvgIpc) is 2.14. The topological polar surface area (TPSA) is 27.7 Å². The first-order chi connectivity index (χ1) is 7.21. The summed E-state index contributed by atoms with van der Waals surface area (Å²) in [6.07, 6.45) is -0.470. The molecule has 1 aliphatic rings. The highest BCUT2D eigenvalue weighted by atomic mass is 19.4. The molecule has 0 amide bonds. The van der Waals surface area contributed by atoms with Crippen molar-refractivity contribution in [2.45, 2.75) is 25.7 Å². The molecule has 1 heterocycles. The molecule has 7 heteroatoms. The maximum Gasteiger partial charge on any atom is 0.507 e. The lowest BCUT2D eigenvalue weighted by molar-refractivity contribution is -0.278. The Bertz CT molecular complexity index is 255. The summed E-state index contributed by atoms with van der Waals surface area (Å²) in [5, 5.41) is 0. The molecule has 1 aliphatic heterocycles. The molecule has 0 atom stereocenters. The van der Waals surface area contributed by atoms with Crippen molar-refractivity contribution in [2.24, 2.45) is 0 Å². The van der Waals surface area contributed by atoms with Crippen molar-refractivity contribution in [1.29, 1.82) is 0 Å². The first kappa shape index (κ1) is 13.5. The van der Waals surface area contributed by atoms with Crippen LogP contribution in [0.4, 0.5) is 12.9 Å². The van der Waals surface area contributed by atoms with Gasteiger partial charge >= 0.3 is 6.98 Å². The minimum absolute atomic E-state index is 0.227. The SMILES string of the molecule is C=C(COC1COC(C)(C)OC1)[B-](F)(F)F. The van der Waals surface area contributed by atoms with Gasteiger partial charge in [0.1, 0.15) is 6.10 Å². The molecule has 1 rings (SSSR count). The van der Waals surface area contributed by atoms with E-state index in [1.54, 1.807) is 13.8 Å². The van der Waals surface area contributed by atoms with Gasteiger partial charge in [-0.25, -0.2) is 0 Å². The van der Waals surface area contributed by atoms with Gasteiger partial charge in [0.25, 0.3) is 0 Å². The normalized spacial score (nSPS) is 22.1. The third-order valence-corrected chi connectivity index (χ3v) is 2.20. The van der Waals surface area contributed by atoms with Gasteiger partial charge in [0.15, 0.2) is 5.79 Å². The fraction of sp³-hybridized carbons (Fsp3) is 0.778. The molecule has 3 nitrogen and oxygen atoms in total. The number of rotatable bonds is 4. The second kappa shape index (κ2) is 4.77. The van der Waals surface area contributed by atoms with E-state index in [1.807, 2.05) is 0 Å². The van der Waals surface area contributed by atoms with E-state index in [-0.39, 0.29) is 13.2 Å². The fourth-order valence-corrected chi connectivity index (χ4v) is 1.09. The summed E-state index contributed by atoms with van der Waals surface area (Å²) in [6, 6.07) is 0. The molecule has 0 bridgehead atoms. The van der Waals surface area contributed by atoms with E-state index >= 15 is 0 Å². The molecule has 0 aliphatic carbocycles. The van der Waals surface area contributed by atoms with Crippen molar-refractivity contribution in [3.05, 3.63) is 12.1 Å². The van der Waals surface area contributed by atoms with Gasteiger partial charge in [-0.1, -0.05) is 0 Å². The van der Waals surface area contributed by atoms with E-state index < -0.39 is 30.9 Å². The summed E-state index contributed by atoms with van der Waals surface area (Å²) in [5.41, 5.74) is -0.843. The van der Waals surface area contributed by atoms with Crippen molar-refractivity contribution in [1.82, 2.24) is 0 Å². The quantitative estimate of drug-likeness (QED) is 0.703. The van der Waals surface area contributed by atoms with Crippen LogP contribution in [0.15, 0.2) is 12.1 Å². The predicted octanol–water partition coefficient (Wildman–Crippen LogP) is 2.10. The highest BCUT2D eigenvalue weighted by Gasteiger charge is 2.31. The lowest BCUT2D eigenvalue weighted by atomic mass is 9.81. The molecule has 0 N–H and O–H groups in total. The van der Waals surface area contributed by atoms with Crippen LogP contribution in [0.1, 0.15) is 13.8 Å². The average molecular weight is 239 g/mol. The zero-order chi connectivity index (χ0) is 12.4. The van der Waals surface area contributed by atoms with Crippen LogP contribution < -0.4 is 0 Å². The summed E-state index contributed by atoms with van der Waals surface area (Å²) < 4.78 is 51.9. The molecular weight excluding hydrogens is 224 g/mol. The summed E-state index contributed by atoms with van der Waals surface area (Å²) in [4.78, 5) is 0. The molecule has 94 valence electrons. The Labute approximate surface area is 92.6 Å². The summed E-state index contributed by atoms with van der Waals surface area (Å²) in [5.74, 6) is -0.690. The van der Waals surface area contributed by atoms with Gasteiger partial charge in [0.05, 0.1) is 13.2 Å². The van der Waals surface area contributed by atoms with Crippen LogP contribution in [-0.2, 0) is 14.2 Å². The van der Waals surface area contributed by atoms with E-state index in [2.05, 4.69) is 6.58 Å². The van der Waals surface area contributed by atoms with Gasteiger partial charge in [-0.3, -0.25) is 0 Å². The zero-order valence-corrected chi connectivity index (χ0v) is 9.34.